The fourth-order valence-corrected chi connectivity index (χ4v) is 3.39. The number of aliphatic hydroxyl groups is 1. The SMILES string of the molecule is O=C(CC[C@@H](O)[C@@H]1Cc2ccccc2CN1)c1ccc2n[nH]nc2c1. The predicted molar refractivity (Wildman–Crippen MR) is 94.2 cm³/mol. The summed E-state index contributed by atoms with van der Waals surface area (Å²) in [5.41, 5.74) is 4.57. The zero-order valence-corrected chi connectivity index (χ0v) is 13.8. The van der Waals surface area contributed by atoms with Gasteiger partial charge in [0.15, 0.2) is 5.78 Å². The minimum absolute atomic E-state index is 0.0132. The zero-order valence-electron chi connectivity index (χ0n) is 13.8. The van der Waals surface area contributed by atoms with Crippen LogP contribution in [0.5, 0.6) is 0 Å². The maximum atomic E-state index is 12.4. The van der Waals surface area contributed by atoms with Crippen LogP contribution in [0.4, 0.5) is 0 Å². The second-order valence-corrected chi connectivity index (χ2v) is 6.52. The molecule has 3 aromatic rings. The van der Waals surface area contributed by atoms with Gasteiger partial charge in [-0.05, 0) is 42.2 Å². The van der Waals surface area contributed by atoms with Gasteiger partial charge in [0.05, 0.1) is 6.10 Å². The molecule has 1 aliphatic heterocycles. The number of aliphatic hydroxyl groups excluding tert-OH is 1. The van der Waals surface area contributed by atoms with Crippen LogP contribution in [0, 0.1) is 0 Å². The van der Waals surface area contributed by atoms with Gasteiger partial charge in [-0.3, -0.25) is 4.79 Å². The number of fused-ring (bicyclic) bond motifs is 2. The Morgan fingerprint density at radius 2 is 1.96 bits per heavy atom. The summed E-state index contributed by atoms with van der Waals surface area (Å²) in [5.74, 6) is 0.0140. The number of hydrogen-bond donors (Lipinski definition) is 3. The van der Waals surface area contributed by atoms with E-state index in [1.807, 2.05) is 12.1 Å². The van der Waals surface area contributed by atoms with Gasteiger partial charge in [0.25, 0.3) is 0 Å². The summed E-state index contributed by atoms with van der Waals surface area (Å²) >= 11 is 0. The summed E-state index contributed by atoms with van der Waals surface area (Å²) in [6.45, 7) is 0.759. The van der Waals surface area contributed by atoms with Crippen molar-refractivity contribution in [3.05, 3.63) is 59.2 Å². The van der Waals surface area contributed by atoms with E-state index in [1.165, 1.54) is 11.1 Å². The smallest absolute Gasteiger partial charge is 0.163 e. The zero-order chi connectivity index (χ0) is 17.2. The number of rotatable bonds is 5. The lowest BCUT2D eigenvalue weighted by molar-refractivity contribution is 0.0877. The first kappa shape index (κ1) is 15.9. The van der Waals surface area contributed by atoms with E-state index in [0.717, 1.165) is 18.5 Å². The van der Waals surface area contributed by atoms with E-state index in [0.29, 0.717) is 23.9 Å². The average molecular weight is 336 g/mol. The van der Waals surface area contributed by atoms with Crippen molar-refractivity contribution in [2.24, 2.45) is 0 Å². The highest BCUT2D eigenvalue weighted by Crippen LogP contribution is 2.20. The van der Waals surface area contributed by atoms with Crippen LogP contribution in [0.15, 0.2) is 42.5 Å². The fourth-order valence-electron chi connectivity index (χ4n) is 3.39. The molecular weight excluding hydrogens is 316 g/mol. The molecule has 0 aliphatic carbocycles. The molecule has 0 spiro atoms. The van der Waals surface area contributed by atoms with Gasteiger partial charge in [0, 0.05) is 24.6 Å². The summed E-state index contributed by atoms with van der Waals surface area (Å²) in [7, 11) is 0. The molecular formula is C19H20N4O2. The molecule has 2 aromatic carbocycles. The van der Waals surface area contributed by atoms with Crippen molar-refractivity contribution >= 4 is 16.8 Å². The molecule has 4 rings (SSSR count). The summed E-state index contributed by atoms with van der Waals surface area (Å²) in [6.07, 6.45) is 0.990. The largest absolute Gasteiger partial charge is 0.391 e. The monoisotopic (exact) mass is 336 g/mol. The number of nitrogens with one attached hydrogen (secondary N) is 2. The Morgan fingerprint density at radius 3 is 2.84 bits per heavy atom. The Balaban J connectivity index is 1.37. The number of Topliss-reactive ketones (excluding diaryl/α,β-unsaturated/α-hetero) is 1. The molecule has 6 nitrogen and oxygen atoms in total. The van der Waals surface area contributed by atoms with E-state index < -0.39 is 6.10 Å². The van der Waals surface area contributed by atoms with Gasteiger partial charge in [-0.15, -0.1) is 0 Å². The van der Waals surface area contributed by atoms with Gasteiger partial charge in [-0.1, -0.05) is 24.3 Å². The Morgan fingerprint density at radius 1 is 1.16 bits per heavy atom. The molecule has 3 N–H and O–H groups in total. The summed E-state index contributed by atoms with van der Waals surface area (Å²) in [5, 5.41) is 24.4. The summed E-state index contributed by atoms with van der Waals surface area (Å²) < 4.78 is 0. The lowest BCUT2D eigenvalue weighted by Gasteiger charge is -2.29. The first-order valence-electron chi connectivity index (χ1n) is 8.52. The Bertz CT molecular complexity index is 905. The van der Waals surface area contributed by atoms with Gasteiger partial charge in [-0.25, -0.2) is 0 Å². The lowest BCUT2D eigenvalue weighted by Crippen LogP contribution is -2.44. The third kappa shape index (κ3) is 3.31. The van der Waals surface area contributed by atoms with Gasteiger partial charge >= 0.3 is 0 Å². The molecule has 25 heavy (non-hydrogen) atoms. The second-order valence-electron chi connectivity index (χ2n) is 6.52. The molecule has 2 atom stereocenters. The minimum atomic E-state index is -0.548. The Kier molecular flexibility index (Phi) is 4.29. The van der Waals surface area contributed by atoms with Gasteiger partial charge < -0.3 is 10.4 Å². The van der Waals surface area contributed by atoms with Crippen LogP contribution in [0.2, 0.25) is 0 Å². The van der Waals surface area contributed by atoms with Crippen molar-refractivity contribution in [1.82, 2.24) is 20.7 Å². The van der Waals surface area contributed by atoms with Crippen LogP contribution in [0.1, 0.15) is 34.3 Å². The molecule has 1 aromatic heterocycles. The van der Waals surface area contributed by atoms with Crippen LogP contribution >= 0.6 is 0 Å². The van der Waals surface area contributed by atoms with E-state index in [-0.39, 0.29) is 11.8 Å². The van der Waals surface area contributed by atoms with Gasteiger partial charge in [0.2, 0.25) is 0 Å². The van der Waals surface area contributed by atoms with Gasteiger partial charge in [-0.2, -0.15) is 15.4 Å². The van der Waals surface area contributed by atoms with Crippen LogP contribution in [-0.2, 0) is 13.0 Å². The third-order valence-corrected chi connectivity index (χ3v) is 4.88. The van der Waals surface area contributed by atoms with E-state index in [2.05, 4.69) is 32.9 Å². The van der Waals surface area contributed by atoms with Crippen molar-refractivity contribution < 1.29 is 9.90 Å². The highest BCUT2D eigenvalue weighted by atomic mass is 16.3. The maximum absolute atomic E-state index is 12.4. The van der Waals surface area contributed by atoms with E-state index in [9.17, 15) is 9.90 Å². The number of hydrogen-bond acceptors (Lipinski definition) is 5. The average Bonchev–Trinajstić information content (AvgIpc) is 3.13. The molecule has 0 saturated heterocycles. The molecule has 2 heterocycles. The normalized spacial score (nSPS) is 18.0. The van der Waals surface area contributed by atoms with Crippen molar-refractivity contribution in [2.45, 2.75) is 38.0 Å². The lowest BCUT2D eigenvalue weighted by atomic mass is 9.91. The molecule has 6 heteroatoms. The summed E-state index contributed by atoms with van der Waals surface area (Å²) in [4.78, 5) is 12.4. The van der Waals surface area contributed by atoms with E-state index >= 15 is 0 Å². The quantitative estimate of drug-likeness (QED) is 0.620. The molecule has 0 fully saturated rings. The highest BCUT2D eigenvalue weighted by Gasteiger charge is 2.24. The molecule has 0 saturated carbocycles. The number of aromatic amines is 1. The molecule has 1 aliphatic rings. The maximum Gasteiger partial charge on any atom is 0.163 e. The Labute approximate surface area is 145 Å². The van der Waals surface area contributed by atoms with E-state index in [1.54, 1.807) is 18.2 Å². The Hall–Kier alpha value is -2.57. The predicted octanol–water partition coefficient (Wildman–Crippen LogP) is 2.00. The highest BCUT2D eigenvalue weighted by molar-refractivity contribution is 5.98. The molecule has 0 unspecified atom stereocenters. The number of benzene rings is 2. The van der Waals surface area contributed by atoms with E-state index in [4.69, 9.17) is 0 Å². The van der Waals surface area contributed by atoms with Crippen molar-refractivity contribution in [2.75, 3.05) is 0 Å². The van der Waals surface area contributed by atoms with Crippen molar-refractivity contribution in [3.63, 3.8) is 0 Å². The van der Waals surface area contributed by atoms with Crippen LogP contribution in [0.25, 0.3) is 11.0 Å². The van der Waals surface area contributed by atoms with Gasteiger partial charge in [0.1, 0.15) is 11.0 Å². The number of ketones is 1. The number of aromatic nitrogens is 3. The minimum Gasteiger partial charge on any atom is -0.391 e. The summed E-state index contributed by atoms with van der Waals surface area (Å²) in [6, 6.07) is 13.5. The van der Waals surface area contributed by atoms with Crippen LogP contribution in [-0.4, -0.2) is 38.4 Å². The van der Waals surface area contributed by atoms with Crippen LogP contribution < -0.4 is 5.32 Å². The first-order valence-corrected chi connectivity index (χ1v) is 8.52. The molecule has 0 bridgehead atoms. The fraction of sp³-hybridized carbons (Fsp3) is 0.316. The second kappa shape index (κ2) is 6.74. The number of nitrogens with zero attached hydrogens (tertiary/aromatic N) is 2. The molecule has 0 amide bonds. The molecule has 0 radical (unpaired) electrons. The number of carbonyl (C=O) groups excluding carboxylic acids is 1. The standard InChI is InChI=1S/C19H20N4O2/c24-18(13-5-6-15-16(10-13)22-23-21-15)7-8-19(25)17-9-12-3-1-2-4-14(12)11-20-17/h1-6,10,17,19-20,25H,7-9,11H2,(H,21,22,23)/t17-,19+/m0/s1. The molecule has 128 valence electrons. The third-order valence-electron chi connectivity index (χ3n) is 4.88. The topological polar surface area (TPSA) is 90.9 Å². The first-order chi connectivity index (χ1) is 12.2. The number of carbonyl (C=O) groups is 1. The van der Waals surface area contributed by atoms with Crippen LogP contribution in [0.3, 0.4) is 0 Å². The van der Waals surface area contributed by atoms with Crippen molar-refractivity contribution in [3.8, 4) is 0 Å². The van der Waals surface area contributed by atoms with Crippen molar-refractivity contribution in [1.29, 1.82) is 0 Å². The number of H-pyrrole nitrogens is 1.